The molecule has 0 spiro atoms. The Morgan fingerprint density at radius 2 is 1.47 bits per heavy atom. The highest BCUT2D eigenvalue weighted by molar-refractivity contribution is 5.94. The number of nitrogens with two attached hydrogens (primary N) is 1. The average molecular weight is 523 g/mol. The van der Waals surface area contributed by atoms with E-state index in [-0.39, 0.29) is 24.7 Å². The van der Waals surface area contributed by atoms with Gasteiger partial charge < -0.3 is 26.4 Å². The lowest BCUT2D eigenvalue weighted by Gasteiger charge is -2.30. The summed E-state index contributed by atoms with van der Waals surface area (Å²) in [5, 5.41) is 15.2. The smallest absolute Gasteiger partial charge is 0.326 e. The van der Waals surface area contributed by atoms with Crippen molar-refractivity contribution in [2.24, 2.45) is 11.7 Å². The Balaban J connectivity index is 1.75. The van der Waals surface area contributed by atoms with Crippen molar-refractivity contribution >= 4 is 23.7 Å². The Bertz CT molecular complexity index is 1090. The van der Waals surface area contributed by atoms with Crippen LogP contribution in [0, 0.1) is 5.92 Å². The summed E-state index contributed by atoms with van der Waals surface area (Å²) in [6.07, 6.45) is 1.86. The molecule has 4 unspecified atom stereocenters. The van der Waals surface area contributed by atoms with E-state index in [0.717, 1.165) is 11.1 Å². The van der Waals surface area contributed by atoms with Gasteiger partial charge in [-0.2, -0.15) is 0 Å². The zero-order valence-electron chi connectivity index (χ0n) is 22.0. The minimum Gasteiger partial charge on any atom is -0.480 e. The number of hydrogen-bond acceptors (Lipinski definition) is 5. The van der Waals surface area contributed by atoms with E-state index in [1.54, 1.807) is 12.1 Å². The third-order valence-electron chi connectivity index (χ3n) is 6.70. The molecule has 5 N–H and O–H groups in total. The van der Waals surface area contributed by atoms with E-state index in [9.17, 15) is 24.3 Å². The fourth-order valence-corrected chi connectivity index (χ4v) is 4.76. The number of carboxylic acids is 1. The molecule has 9 nitrogen and oxygen atoms in total. The number of carboxylic acid groups (broad SMARTS) is 1. The van der Waals surface area contributed by atoms with Crippen molar-refractivity contribution in [3.8, 4) is 0 Å². The van der Waals surface area contributed by atoms with E-state index in [4.69, 9.17) is 5.73 Å². The number of carbonyl (C=O) groups excluding carboxylic acids is 3. The van der Waals surface area contributed by atoms with Crippen molar-refractivity contribution < 1.29 is 24.3 Å². The van der Waals surface area contributed by atoms with Crippen LogP contribution in [0.2, 0.25) is 0 Å². The first-order chi connectivity index (χ1) is 18.2. The highest BCUT2D eigenvalue weighted by Crippen LogP contribution is 2.20. The summed E-state index contributed by atoms with van der Waals surface area (Å²) < 4.78 is 0. The van der Waals surface area contributed by atoms with Gasteiger partial charge in [0.1, 0.15) is 18.1 Å². The molecule has 204 valence electrons. The van der Waals surface area contributed by atoms with E-state index >= 15 is 0 Å². The van der Waals surface area contributed by atoms with Crippen LogP contribution in [-0.4, -0.2) is 64.4 Å². The lowest BCUT2D eigenvalue weighted by Crippen LogP contribution is -2.57. The topological polar surface area (TPSA) is 142 Å². The summed E-state index contributed by atoms with van der Waals surface area (Å²) in [5.74, 6) is -2.25. The normalized spacial score (nSPS) is 17.5. The zero-order chi connectivity index (χ0) is 27.7. The molecular weight excluding hydrogens is 484 g/mol. The summed E-state index contributed by atoms with van der Waals surface area (Å²) in [6.45, 7) is 4.28. The predicted octanol–water partition coefficient (Wildman–Crippen LogP) is 1.89. The molecule has 1 aliphatic rings. The molecule has 0 bridgehead atoms. The second kappa shape index (κ2) is 13.7. The maximum atomic E-state index is 13.7. The van der Waals surface area contributed by atoms with E-state index in [1.165, 1.54) is 4.90 Å². The van der Waals surface area contributed by atoms with Crippen molar-refractivity contribution in [3.63, 3.8) is 0 Å². The largest absolute Gasteiger partial charge is 0.480 e. The van der Waals surface area contributed by atoms with E-state index in [0.29, 0.717) is 25.8 Å². The minimum absolute atomic E-state index is 0.128. The number of amides is 3. The van der Waals surface area contributed by atoms with Gasteiger partial charge >= 0.3 is 5.97 Å². The molecule has 0 saturated carbocycles. The Morgan fingerprint density at radius 1 is 0.921 bits per heavy atom. The number of rotatable bonds is 12. The number of carbonyl (C=O) groups is 4. The molecule has 2 aromatic carbocycles. The molecule has 38 heavy (non-hydrogen) atoms. The van der Waals surface area contributed by atoms with Crippen molar-refractivity contribution in [2.75, 3.05) is 6.54 Å². The van der Waals surface area contributed by atoms with Gasteiger partial charge in [-0.25, -0.2) is 4.79 Å². The van der Waals surface area contributed by atoms with Crippen LogP contribution in [0.15, 0.2) is 60.7 Å². The van der Waals surface area contributed by atoms with Gasteiger partial charge in [0.15, 0.2) is 0 Å². The number of hydrogen-bond donors (Lipinski definition) is 4. The number of nitrogens with one attached hydrogen (secondary N) is 2. The summed E-state index contributed by atoms with van der Waals surface area (Å²) in [5.41, 5.74) is 7.72. The minimum atomic E-state index is -1.15. The molecule has 0 aromatic heterocycles. The first-order valence-corrected chi connectivity index (χ1v) is 13.1. The molecule has 1 aliphatic heterocycles. The molecule has 3 amide bonds. The van der Waals surface area contributed by atoms with E-state index in [1.807, 2.05) is 62.4 Å². The summed E-state index contributed by atoms with van der Waals surface area (Å²) >= 11 is 0. The number of aliphatic carboxylic acids is 1. The van der Waals surface area contributed by atoms with Gasteiger partial charge in [-0.1, -0.05) is 74.5 Å². The SMILES string of the molecule is CC(C)CC(N)C(=O)NC(Cc1ccccc1)C(=O)N1CCCC1C(=O)NC(Cc1ccccc1)C(=O)O. The van der Waals surface area contributed by atoms with Crippen LogP contribution in [0.4, 0.5) is 0 Å². The predicted molar refractivity (Wildman–Crippen MR) is 144 cm³/mol. The monoisotopic (exact) mass is 522 g/mol. The van der Waals surface area contributed by atoms with Crippen molar-refractivity contribution in [1.82, 2.24) is 15.5 Å². The molecule has 0 aliphatic carbocycles. The van der Waals surface area contributed by atoms with Crippen LogP contribution in [0.5, 0.6) is 0 Å². The number of nitrogens with zero attached hydrogens (tertiary/aromatic N) is 1. The van der Waals surface area contributed by atoms with Gasteiger partial charge in [0, 0.05) is 19.4 Å². The first kappa shape index (κ1) is 28.8. The van der Waals surface area contributed by atoms with Gasteiger partial charge in [0.25, 0.3) is 0 Å². The second-order valence-corrected chi connectivity index (χ2v) is 10.3. The molecule has 2 aromatic rings. The Morgan fingerprint density at radius 3 is 2.00 bits per heavy atom. The molecule has 0 radical (unpaired) electrons. The van der Waals surface area contributed by atoms with E-state index < -0.39 is 42.0 Å². The third kappa shape index (κ3) is 8.14. The van der Waals surface area contributed by atoms with Gasteiger partial charge in [0.05, 0.1) is 6.04 Å². The Hall–Kier alpha value is -3.72. The third-order valence-corrected chi connectivity index (χ3v) is 6.70. The summed E-state index contributed by atoms with van der Waals surface area (Å²) in [6, 6.07) is 14.8. The van der Waals surface area contributed by atoms with Gasteiger partial charge in [0.2, 0.25) is 17.7 Å². The van der Waals surface area contributed by atoms with Crippen LogP contribution in [0.25, 0.3) is 0 Å². The van der Waals surface area contributed by atoms with Crippen molar-refractivity contribution in [3.05, 3.63) is 71.8 Å². The standard InChI is InChI=1S/C29H38N4O5/c1-19(2)16-22(30)26(34)31-23(17-20-10-5-3-6-11-20)28(36)33-15-9-14-25(33)27(35)32-24(29(37)38)18-21-12-7-4-8-13-21/h3-8,10-13,19,22-25H,9,14-18,30H2,1-2H3,(H,31,34)(H,32,35)(H,37,38). The fourth-order valence-electron chi connectivity index (χ4n) is 4.76. The molecule has 1 fully saturated rings. The fraction of sp³-hybridized carbons (Fsp3) is 0.448. The zero-order valence-corrected chi connectivity index (χ0v) is 22.0. The molecule has 3 rings (SSSR count). The second-order valence-electron chi connectivity index (χ2n) is 10.3. The van der Waals surface area contributed by atoms with Gasteiger partial charge in [-0.05, 0) is 36.3 Å². The summed E-state index contributed by atoms with van der Waals surface area (Å²) in [7, 11) is 0. The molecule has 4 atom stereocenters. The molecule has 1 heterocycles. The lowest BCUT2D eigenvalue weighted by molar-refractivity contribution is -0.144. The van der Waals surface area contributed by atoms with Crippen LogP contribution < -0.4 is 16.4 Å². The lowest BCUT2D eigenvalue weighted by atomic mass is 10.0. The first-order valence-electron chi connectivity index (χ1n) is 13.1. The van der Waals surface area contributed by atoms with Crippen LogP contribution >= 0.6 is 0 Å². The summed E-state index contributed by atoms with van der Waals surface area (Å²) in [4.78, 5) is 53.2. The Labute approximate surface area is 223 Å². The van der Waals surface area contributed by atoms with Crippen molar-refractivity contribution in [2.45, 2.75) is 70.1 Å². The molecule has 1 saturated heterocycles. The number of likely N-dealkylation sites (tertiary alicyclic amines) is 1. The van der Waals surface area contributed by atoms with E-state index in [2.05, 4.69) is 10.6 Å². The highest BCUT2D eigenvalue weighted by Gasteiger charge is 2.39. The maximum Gasteiger partial charge on any atom is 0.326 e. The Kier molecular flexibility index (Phi) is 10.4. The van der Waals surface area contributed by atoms with Crippen LogP contribution in [-0.2, 0) is 32.0 Å². The highest BCUT2D eigenvalue weighted by atomic mass is 16.4. The van der Waals surface area contributed by atoms with Gasteiger partial charge in [-0.15, -0.1) is 0 Å². The molecule has 9 heteroatoms. The average Bonchev–Trinajstić information content (AvgIpc) is 3.38. The van der Waals surface area contributed by atoms with Crippen LogP contribution in [0.3, 0.4) is 0 Å². The molecular formula is C29H38N4O5. The van der Waals surface area contributed by atoms with Crippen LogP contribution in [0.1, 0.15) is 44.2 Å². The van der Waals surface area contributed by atoms with Gasteiger partial charge in [-0.3, -0.25) is 14.4 Å². The maximum absolute atomic E-state index is 13.7. The quantitative estimate of drug-likeness (QED) is 0.335. The van der Waals surface area contributed by atoms with Crippen molar-refractivity contribution in [1.29, 1.82) is 0 Å². The number of benzene rings is 2.